The van der Waals surface area contributed by atoms with Gasteiger partial charge in [-0.1, -0.05) is 23.2 Å². The van der Waals surface area contributed by atoms with Crippen molar-refractivity contribution in [3.63, 3.8) is 0 Å². The van der Waals surface area contributed by atoms with Crippen LogP contribution in [0.15, 0.2) is 36.9 Å². The summed E-state index contributed by atoms with van der Waals surface area (Å²) < 4.78 is 2.59. The van der Waals surface area contributed by atoms with Crippen LogP contribution in [0.3, 0.4) is 0 Å². The molecule has 4 rings (SSSR count). The molecule has 0 spiro atoms. The minimum Gasteiger partial charge on any atom is -0.349 e. The number of anilines is 1. The van der Waals surface area contributed by atoms with E-state index < -0.39 is 0 Å². The van der Waals surface area contributed by atoms with Gasteiger partial charge in [-0.3, -0.25) is 0 Å². The molecule has 0 amide bonds. The van der Waals surface area contributed by atoms with Crippen molar-refractivity contribution < 1.29 is 0 Å². The molecular weight excluding hydrogens is 514 g/mol. The van der Waals surface area contributed by atoms with E-state index in [1.165, 1.54) is 6.33 Å². The van der Waals surface area contributed by atoms with Crippen molar-refractivity contribution in [2.24, 2.45) is 0 Å². The van der Waals surface area contributed by atoms with Crippen molar-refractivity contribution in [2.75, 3.05) is 11.9 Å². The van der Waals surface area contributed by atoms with E-state index in [4.69, 9.17) is 23.2 Å². The molecule has 1 aromatic carbocycles. The normalized spacial score (nSPS) is 12.3. The lowest BCUT2D eigenvalue weighted by molar-refractivity contribution is 0.637. The van der Waals surface area contributed by atoms with Gasteiger partial charge in [0.2, 0.25) is 0 Å². The molecule has 0 aliphatic heterocycles. The number of halogens is 3. The zero-order valence-corrected chi connectivity index (χ0v) is 18.4. The standard InChI is InChI=1S/C17H13Cl2IN8/c1-9(16-23-8-24-28(16)14-4-3-13(19)25-26-14)27(2)17-11-5-10(18)6-12(20)15(11)21-7-22-17/h3-9H,1-2H3/t9-/m0/s1. The van der Waals surface area contributed by atoms with Crippen molar-refractivity contribution in [3.8, 4) is 5.82 Å². The number of rotatable bonds is 4. The summed E-state index contributed by atoms with van der Waals surface area (Å²) in [6.45, 7) is 2.01. The highest BCUT2D eigenvalue weighted by Gasteiger charge is 2.23. The van der Waals surface area contributed by atoms with E-state index in [1.807, 2.05) is 31.0 Å². The minimum atomic E-state index is -0.172. The average molecular weight is 527 g/mol. The van der Waals surface area contributed by atoms with Crippen molar-refractivity contribution >= 4 is 62.5 Å². The molecular formula is C17H13Cl2IN8. The van der Waals surface area contributed by atoms with E-state index in [-0.39, 0.29) is 6.04 Å². The lowest BCUT2D eigenvalue weighted by Gasteiger charge is -2.26. The topological polar surface area (TPSA) is 85.5 Å². The number of hydrogen-bond donors (Lipinski definition) is 0. The first-order valence-electron chi connectivity index (χ1n) is 8.18. The second-order valence-corrected chi connectivity index (χ2v) is 8.00. The largest absolute Gasteiger partial charge is 0.349 e. The fraction of sp³-hybridized carbons (Fsp3) is 0.176. The van der Waals surface area contributed by atoms with Crippen LogP contribution in [0.4, 0.5) is 5.82 Å². The Labute approximate surface area is 184 Å². The predicted molar refractivity (Wildman–Crippen MR) is 116 cm³/mol. The summed E-state index contributed by atoms with van der Waals surface area (Å²) in [7, 11) is 1.94. The Kier molecular flexibility index (Phi) is 5.30. The Bertz CT molecular complexity index is 1150. The summed E-state index contributed by atoms with van der Waals surface area (Å²) >= 11 is 14.3. The van der Waals surface area contributed by atoms with Crippen LogP contribution >= 0.6 is 45.8 Å². The molecule has 11 heteroatoms. The van der Waals surface area contributed by atoms with Crippen LogP contribution in [0, 0.1) is 3.57 Å². The number of aromatic nitrogens is 7. The lowest BCUT2D eigenvalue weighted by atomic mass is 10.2. The maximum absolute atomic E-state index is 6.27. The smallest absolute Gasteiger partial charge is 0.178 e. The van der Waals surface area contributed by atoms with Gasteiger partial charge in [-0.25, -0.2) is 15.0 Å². The molecule has 1 atom stereocenters. The highest BCUT2D eigenvalue weighted by molar-refractivity contribution is 14.1. The molecule has 3 heterocycles. The third-order valence-electron chi connectivity index (χ3n) is 4.33. The van der Waals surface area contributed by atoms with Gasteiger partial charge in [0.1, 0.15) is 18.5 Å². The Morgan fingerprint density at radius 3 is 2.64 bits per heavy atom. The van der Waals surface area contributed by atoms with E-state index in [9.17, 15) is 0 Å². The summed E-state index contributed by atoms with van der Waals surface area (Å²) in [5.41, 5.74) is 0.846. The van der Waals surface area contributed by atoms with Crippen LogP contribution in [0.2, 0.25) is 10.2 Å². The summed E-state index contributed by atoms with van der Waals surface area (Å²) in [6.07, 6.45) is 3.03. The number of benzene rings is 1. The second-order valence-electron chi connectivity index (χ2n) is 6.01. The first-order valence-corrected chi connectivity index (χ1v) is 10.0. The number of hydrogen-bond acceptors (Lipinski definition) is 7. The van der Waals surface area contributed by atoms with Gasteiger partial charge in [0.05, 0.1) is 11.6 Å². The summed E-state index contributed by atoms with van der Waals surface area (Å²) in [5, 5.41) is 14.1. The molecule has 0 saturated heterocycles. The fourth-order valence-electron chi connectivity index (χ4n) is 2.85. The van der Waals surface area contributed by atoms with Crippen molar-refractivity contribution in [2.45, 2.75) is 13.0 Å². The molecule has 0 unspecified atom stereocenters. The second kappa shape index (κ2) is 7.72. The number of nitrogens with zero attached hydrogens (tertiary/aromatic N) is 8. The number of fused-ring (bicyclic) bond motifs is 1. The van der Waals surface area contributed by atoms with E-state index >= 15 is 0 Å². The van der Waals surface area contributed by atoms with Gasteiger partial charge in [-0.2, -0.15) is 9.78 Å². The Morgan fingerprint density at radius 2 is 1.89 bits per heavy atom. The highest BCUT2D eigenvalue weighted by Crippen LogP contribution is 2.32. The summed E-state index contributed by atoms with van der Waals surface area (Å²) in [4.78, 5) is 15.3. The Morgan fingerprint density at radius 1 is 1.07 bits per heavy atom. The Hall–Kier alpha value is -2.11. The van der Waals surface area contributed by atoms with E-state index in [0.717, 1.165) is 20.3 Å². The lowest BCUT2D eigenvalue weighted by Crippen LogP contribution is -2.26. The van der Waals surface area contributed by atoms with Crippen LogP contribution in [0.1, 0.15) is 18.8 Å². The zero-order chi connectivity index (χ0) is 19.8. The van der Waals surface area contributed by atoms with Crippen LogP contribution in [-0.4, -0.2) is 42.0 Å². The maximum Gasteiger partial charge on any atom is 0.178 e. The van der Waals surface area contributed by atoms with Crippen LogP contribution in [0.25, 0.3) is 16.7 Å². The van der Waals surface area contributed by atoms with Crippen LogP contribution in [0.5, 0.6) is 0 Å². The van der Waals surface area contributed by atoms with Gasteiger partial charge >= 0.3 is 0 Å². The van der Waals surface area contributed by atoms with Crippen LogP contribution in [-0.2, 0) is 0 Å². The predicted octanol–water partition coefficient (Wildman–Crippen LogP) is 4.11. The molecule has 0 saturated carbocycles. The molecule has 0 aliphatic rings. The van der Waals surface area contributed by atoms with Gasteiger partial charge in [-0.15, -0.1) is 10.2 Å². The first-order chi connectivity index (χ1) is 13.5. The van der Waals surface area contributed by atoms with E-state index in [2.05, 4.69) is 52.8 Å². The third-order valence-corrected chi connectivity index (χ3v) is 5.58. The zero-order valence-electron chi connectivity index (χ0n) is 14.8. The average Bonchev–Trinajstić information content (AvgIpc) is 3.16. The Balaban J connectivity index is 1.76. The van der Waals surface area contributed by atoms with Crippen molar-refractivity contribution in [1.82, 2.24) is 34.9 Å². The monoisotopic (exact) mass is 526 g/mol. The van der Waals surface area contributed by atoms with Crippen LogP contribution < -0.4 is 4.90 Å². The van der Waals surface area contributed by atoms with E-state index in [1.54, 1.807) is 23.1 Å². The fourth-order valence-corrected chi connectivity index (χ4v) is 4.12. The van der Waals surface area contributed by atoms with Gasteiger partial charge in [-0.05, 0) is 53.8 Å². The van der Waals surface area contributed by atoms with Gasteiger partial charge in [0, 0.05) is 21.0 Å². The minimum absolute atomic E-state index is 0.172. The molecule has 142 valence electrons. The molecule has 0 aliphatic carbocycles. The molecule has 0 N–H and O–H groups in total. The SMILES string of the molecule is C[C@@H](c1ncnn1-c1ccc(Cl)nn1)N(C)c1ncnc2c(I)cc(Cl)cc12. The van der Waals surface area contributed by atoms with E-state index in [0.29, 0.717) is 21.8 Å². The molecule has 4 aromatic rings. The first kappa shape index (κ1) is 19.2. The van der Waals surface area contributed by atoms with Gasteiger partial charge in [0.15, 0.2) is 16.8 Å². The molecule has 28 heavy (non-hydrogen) atoms. The summed E-state index contributed by atoms with van der Waals surface area (Å²) in [5.74, 6) is 1.96. The van der Waals surface area contributed by atoms with Gasteiger partial charge in [0.25, 0.3) is 0 Å². The quantitative estimate of drug-likeness (QED) is 0.370. The van der Waals surface area contributed by atoms with Crippen molar-refractivity contribution in [3.05, 3.63) is 56.5 Å². The third kappa shape index (κ3) is 3.49. The van der Waals surface area contributed by atoms with Gasteiger partial charge < -0.3 is 4.90 Å². The molecule has 0 radical (unpaired) electrons. The highest BCUT2D eigenvalue weighted by atomic mass is 127. The molecule has 0 bridgehead atoms. The molecule has 0 fully saturated rings. The molecule has 3 aromatic heterocycles. The maximum atomic E-state index is 6.27. The molecule has 8 nitrogen and oxygen atoms in total. The summed E-state index contributed by atoms with van der Waals surface area (Å²) in [6, 6.07) is 6.97. The van der Waals surface area contributed by atoms with Crippen molar-refractivity contribution in [1.29, 1.82) is 0 Å².